The smallest absolute Gasteiger partial charge is 0.338 e. The lowest BCUT2D eigenvalue weighted by atomic mass is 10.1. The lowest BCUT2D eigenvalue weighted by Crippen LogP contribution is -2.26. The van der Waals surface area contributed by atoms with Crippen LogP contribution in [0.15, 0.2) is 83.8 Å². The van der Waals surface area contributed by atoms with Gasteiger partial charge in [-0.05, 0) is 48.5 Å². The number of hydrogen-bond donors (Lipinski definition) is 0. The molecule has 8 heteroatoms. The zero-order valence-corrected chi connectivity index (χ0v) is 17.8. The maximum atomic E-state index is 12.8. The Kier molecular flexibility index (Phi) is 6.71. The highest BCUT2D eigenvalue weighted by atomic mass is 32.2. The quantitative estimate of drug-likeness (QED) is 0.394. The van der Waals surface area contributed by atoms with Crippen LogP contribution in [0.1, 0.15) is 20.7 Å². The summed E-state index contributed by atoms with van der Waals surface area (Å²) in [4.78, 5) is 24.6. The molecule has 0 saturated carbocycles. The molecule has 0 atom stereocenters. The van der Waals surface area contributed by atoms with Crippen LogP contribution >= 0.6 is 0 Å². The van der Waals surface area contributed by atoms with Crippen molar-refractivity contribution in [1.29, 1.82) is 0 Å². The summed E-state index contributed by atoms with van der Waals surface area (Å²) in [6.07, 6.45) is 0. The molecule has 0 radical (unpaired) electrons. The number of Topliss-reactive ketones (excluding diaryl/α,β-unsaturated/α-hetero) is 1. The number of carbonyl (C=O) groups excluding carboxylic acids is 2. The van der Waals surface area contributed by atoms with E-state index in [0.29, 0.717) is 17.0 Å². The van der Waals surface area contributed by atoms with Gasteiger partial charge in [0.1, 0.15) is 5.75 Å². The van der Waals surface area contributed by atoms with Crippen molar-refractivity contribution in [2.45, 2.75) is 4.90 Å². The first-order chi connectivity index (χ1) is 14.8. The molecule has 0 heterocycles. The second-order valence-electron chi connectivity index (χ2n) is 6.53. The summed E-state index contributed by atoms with van der Waals surface area (Å²) in [7, 11) is -0.889. The minimum Gasteiger partial charge on any atom is -0.496 e. The Bertz CT molecular complexity index is 1170. The Balaban J connectivity index is 1.68. The number of carbonyl (C=O) groups is 2. The van der Waals surface area contributed by atoms with Crippen LogP contribution in [0.4, 0.5) is 5.69 Å². The Morgan fingerprint density at radius 3 is 2.13 bits per heavy atom. The summed E-state index contributed by atoms with van der Waals surface area (Å²) in [5.74, 6) is -0.751. The summed E-state index contributed by atoms with van der Waals surface area (Å²) < 4.78 is 37.0. The van der Waals surface area contributed by atoms with Gasteiger partial charge < -0.3 is 9.47 Å². The van der Waals surface area contributed by atoms with Gasteiger partial charge in [-0.3, -0.25) is 9.10 Å². The molecule has 31 heavy (non-hydrogen) atoms. The molecular formula is C23H21NO6S. The van der Waals surface area contributed by atoms with E-state index in [1.807, 2.05) is 0 Å². The van der Waals surface area contributed by atoms with Crippen LogP contribution in [0, 0.1) is 0 Å². The molecule has 160 valence electrons. The van der Waals surface area contributed by atoms with Gasteiger partial charge in [0.15, 0.2) is 6.61 Å². The summed E-state index contributed by atoms with van der Waals surface area (Å²) in [6, 6.07) is 20.6. The second kappa shape index (κ2) is 9.44. The Hall–Kier alpha value is -3.65. The molecule has 0 unspecified atom stereocenters. The van der Waals surface area contributed by atoms with Crippen LogP contribution < -0.4 is 9.04 Å². The average molecular weight is 439 g/mol. The lowest BCUT2D eigenvalue weighted by molar-refractivity contribution is 0.0474. The zero-order chi connectivity index (χ0) is 22.4. The lowest BCUT2D eigenvalue weighted by Gasteiger charge is -2.19. The number of hydrogen-bond acceptors (Lipinski definition) is 6. The standard InChI is InChI=1S/C23H21NO6S/c1-24(18-8-4-3-5-9-18)31(27,28)19-14-12-17(13-15-19)23(26)30-16-21(25)20-10-6-7-11-22(20)29-2/h3-15H,16H2,1-2H3. The summed E-state index contributed by atoms with van der Waals surface area (Å²) in [6.45, 7) is -0.462. The van der Waals surface area contributed by atoms with E-state index < -0.39 is 28.4 Å². The largest absolute Gasteiger partial charge is 0.496 e. The molecule has 0 N–H and O–H groups in total. The van der Waals surface area contributed by atoms with Crippen LogP contribution in [0.2, 0.25) is 0 Å². The van der Waals surface area contributed by atoms with Crippen molar-refractivity contribution < 1.29 is 27.5 Å². The van der Waals surface area contributed by atoms with Gasteiger partial charge in [-0.25, -0.2) is 13.2 Å². The fourth-order valence-corrected chi connectivity index (χ4v) is 4.06. The molecule has 0 aliphatic heterocycles. The normalized spacial score (nSPS) is 10.9. The SMILES string of the molecule is COc1ccccc1C(=O)COC(=O)c1ccc(S(=O)(=O)N(C)c2ccccc2)cc1. The molecule has 0 aliphatic rings. The monoisotopic (exact) mass is 439 g/mol. The van der Waals surface area contributed by atoms with E-state index in [2.05, 4.69) is 0 Å². The first-order valence-corrected chi connectivity index (χ1v) is 10.8. The van der Waals surface area contributed by atoms with Crippen molar-refractivity contribution in [2.75, 3.05) is 25.1 Å². The minimum absolute atomic E-state index is 0.0282. The van der Waals surface area contributed by atoms with E-state index in [9.17, 15) is 18.0 Å². The summed E-state index contributed by atoms with van der Waals surface area (Å²) in [5, 5.41) is 0. The predicted octanol–water partition coefficient (Wildman–Crippen LogP) is 3.56. The molecule has 7 nitrogen and oxygen atoms in total. The van der Waals surface area contributed by atoms with E-state index in [1.54, 1.807) is 54.6 Å². The predicted molar refractivity (Wildman–Crippen MR) is 116 cm³/mol. The molecule has 3 aromatic carbocycles. The maximum Gasteiger partial charge on any atom is 0.338 e. The van der Waals surface area contributed by atoms with E-state index in [4.69, 9.17) is 9.47 Å². The Morgan fingerprint density at radius 1 is 0.871 bits per heavy atom. The number of anilines is 1. The molecule has 0 aliphatic carbocycles. The number of para-hydroxylation sites is 2. The van der Waals surface area contributed by atoms with Gasteiger partial charge in [0.2, 0.25) is 5.78 Å². The van der Waals surface area contributed by atoms with Gasteiger partial charge in [-0.2, -0.15) is 0 Å². The Labute approximate surface area is 180 Å². The molecule has 0 saturated heterocycles. The molecule has 0 aromatic heterocycles. The highest BCUT2D eigenvalue weighted by Gasteiger charge is 2.22. The number of esters is 1. The van der Waals surface area contributed by atoms with Gasteiger partial charge in [-0.1, -0.05) is 30.3 Å². The van der Waals surface area contributed by atoms with Gasteiger partial charge in [-0.15, -0.1) is 0 Å². The maximum absolute atomic E-state index is 12.8. The minimum atomic E-state index is -3.79. The van der Waals surface area contributed by atoms with Crippen LogP contribution in [-0.4, -0.2) is 40.9 Å². The van der Waals surface area contributed by atoms with E-state index >= 15 is 0 Å². The van der Waals surface area contributed by atoms with Gasteiger partial charge in [0, 0.05) is 7.05 Å². The number of benzene rings is 3. The van der Waals surface area contributed by atoms with Crippen molar-refractivity contribution in [3.63, 3.8) is 0 Å². The van der Waals surface area contributed by atoms with Crippen LogP contribution in [0.25, 0.3) is 0 Å². The fourth-order valence-electron chi connectivity index (χ4n) is 2.86. The number of ketones is 1. The third-order valence-electron chi connectivity index (χ3n) is 4.61. The second-order valence-corrected chi connectivity index (χ2v) is 8.50. The molecule has 3 rings (SSSR count). The molecule has 0 amide bonds. The number of nitrogens with zero attached hydrogens (tertiary/aromatic N) is 1. The van der Waals surface area contributed by atoms with Gasteiger partial charge >= 0.3 is 5.97 Å². The number of methoxy groups -OCH3 is 1. The molecular weight excluding hydrogens is 418 g/mol. The van der Waals surface area contributed by atoms with Crippen molar-refractivity contribution in [2.24, 2.45) is 0 Å². The summed E-state index contributed by atoms with van der Waals surface area (Å²) in [5.41, 5.74) is 0.957. The van der Waals surface area contributed by atoms with Crippen LogP contribution in [0.3, 0.4) is 0 Å². The van der Waals surface area contributed by atoms with Crippen molar-refractivity contribution in [1.82, 2.24) is 0 Å². The molecule has 3 aromatic rings. The average Bonchev–Trinajstić information content (AvgIpc) is 2.82. The highest BCUT2D eigenvalue weighted by Crippen LogP contribution is 2.22. The zero-order valence-electron chi connectivity index (χ0n) is 17.0. The van der Waals surface area contributed by atoms with Crippen LogP contribution in [0.5, 0.6) is 5.75 Å². The molecule has 0 spiro atoms. The van der Waals surface area contributed by atoms with Crippen LogP contribution in [-0.2, 0) is 14.8 Å². The number of ether oxygens (including phenoxy) is 2. The summed E-state index contributed by atoms with van der Waals surface area (Å²) >= 11 is 0. The van der Waals surface area contributed by atoms with Crippen molar-refractivity contribution in [3.05, 3.63) is 90.0 Å². The highest BCUT2D eigenvalue weighted by molar-refractivity contribution is 7.92. The van der Waals surface area contributed by atoms with Crippen molar-refractivity contribution in [3.8, 4) is 5.75 Å². The third-order valence-corrected chi connectivity index (χ3v) is 6.41. The fraction of sp³-hybridized carbons (Fsp3) is 0.130. The first-order valence-electron chi connectivity index (χ1n) is 9.32. The van der Waals surface area contributed by atoms with E-state index in [0.717, 1.165) is 4.31 Å². The Morgan fingerprint density at radius 2 is 1.48 bits per heavy atom. The first kappa shape index (κ1) is 22.0. The van der Waals surface area contributed by atoms with Gasteiger partial charge in [0.05, 0.1) is 28.8 Å². The third kappa shape index (κ3) is 4.92. The molecule has 0 fully saturated rings. The molecule has 0 bridgehead atoms. The topological polar surface area (TPSA) is 90.0 Å². The number of rotatable bonds is 8. The van der Waals surface area contributed by atoms with Crippen molar-refractivity contribution >= 4 is 27.5 Å². The van der Waals surface area contributed by atoms with Gasteiger partial charge in [0.25, 0.3) is 10.0 Å². The van der Waals surface area contributed by atoms with E-state index in [1.165, 1.54) is 38.4 Å². The van der Waals surface area contributed by atoms with E-state index in [-0.39, 0.29) is 10.5 Å². The number of sulfonamides is 1.